The molecule has 2 N–H and O–H groups in total. The third-order valence-corrected chi connectivity index (χ3v) is 4.07. The topological polar surface area (TPSA) is 59.0 Å². The van der Waals surface area contributed by atoms with Gasteiger partial charge in [0.15, 0.2) is 0 Å². The standard InChI is InChI=1S/C17H20F2N4O.2ClH/c18-17(19)10-14(22-12-17)16(24)21-7-6-15-20-8-9-23(15)11-13-4-2-1-3-5-13;;/h1-5,8-9,14,22H,6-7,10-12H2,(H,21,24);2*1H. The van der Waals surface area contributed by atoms with E-state index in [1.165, 1.54) is 0 Å². The summed E-state index contributed by atoms with van der Waals surface area (Å²) in [5, 5.41) is 5.26. The summed E-state index contributed by atoms with van der Waals surface area (Å²) in [7, 11) is 0. The SMILES string of the molecule is Cl.Cl.O=C(NCCc1nccn1Cc1ccccc1)C1CC(F)(F)CN1. The first-order valence-electron chi connectivity index (χ1n) is 7.96. The Hall–Kier alpha value is -1.70. The summed E-state index contributed by atoms with van der Waals surface area (Å²) in [6.45, 7) is 0.640. The first-order valence-corrected chi connectivity index (χ1v) is 7.96. The van der Waals surface area contributed by atoms with E-state index in [4.69, 9.17) is 0 Å². The van der Waals surface area contributed by atoms with Gasteiger partial charge < -0.3 is 9.88 Å². The lowest BCUT2D eigenvalue weighted by Gasteiger charge is -2.12. The van der Waals surface area contributed by atoms with Crippen molar-refractivity contribution in [3.05, 3.63) is 54.1 Å². The molecule has 0 saturated carbocycles. The molecule has 1 aliphatic heterocycles. The first-order chi connectivity index (χ1) is 11.5. The van der Waals surface area contributed by atoms with Crippen molar-refractivity contribution in [2.75, 3.05) is 13.1 Å². The molecular formula is C17H22Cl2F2N4O. The minimum Gasteiger partial charge on any atom is -0.354 e. The zero-order valence-electron chi connectivity index (χ0n) is 14.0. The number of alkyl halides is 2. The highest BCUT2D eigenvalue weighted by molar-refractivity contribution is 5.85. The second kappa shape index (κ2) is 9.85. The van der Waals surface area contributed by atoms with E-state index in [1.54, 1.807) is 6.20 Å². The molecule has 0 spiro atoms. The Kier molecular flexibility index (Phi) is 8.46. The van der Waals surface area contributed by atoms with Crippen LogP contribution in [0.15, 0.2) is 42.7 Å². The normalized spacial score (nSPS) is 17.8. The Bertz CT molecular complexity index is 697. The van der Waals surface area contributed by atoms with Crippen LogP contribution in [0.25, 0.3) is 0 Å². The monoisotopic (exact) mass is 406 g/mol. The molecule has 5 nitrogen and oxygen atoms in total. The molecular weight excluding hydrogens is 385 g/mol. The second-order valence-corrected chi connectivity index (χ2v) is 5.99. The van der Waals surface area contributed by atoms with Crippen LogP contribution in [0.3, 0.4) is 0 Å². The zero-order chi connectivity index (χ0) is 17.0. The van der Waals surface area contributed by atoms with Gasteiger partial charge in [0.05, 0.1) is 12.6 Å². The van der Waals surface area contributed by atoms with Crippen molar-refractivity contribution in [1.82, 2.24) is 20.2 Å². The third-order valence-electron chi connectivity index (χ3n) is 4.07. The Balaban J connectivity index is 0.00000169. The number of halogens is 4. The van der Waals surface area contributed by atoms with Gasteiger partial charge in [-0.3, -0.25) is 10.1 Å². The molecule has 2 heterocycles. The van der Waals surface area contributed by atoms with Crippen LogP contribution in [0.5, 0.6) is 0 Å². The minimum absolute atomic E-state index is 0. The zero-order valence-corrected chi connectivity index (χ0v) is 15.7. The fraction of sp³-hybridized carbons (Fsp3) is 0.412. The lowest BCUT2D eigenvalue weighted by atomic mass is 10.2. The van der Waals surface area contributed by atoms with Gasteiger partial charge in [-0.05, 0) is 5.56 Å². The van der Waals surface area contributed by atoms with Gasteiger partial charge >= 0.3 is 0 Å². The highest BCUT2D eigenvalue weighted by Crippen LogP contribution is 2.24. The Labute approximate surface area is 163 Å². The van der Waals surface area contributed by atoms with Gasteiger partial charge in [0.1, 0.15) is 5.82 Å². The molecule has 1 saturated heterocycles. The average Bonchev–Trinajstić information content (AvgIpc) is 3.14. The number of carbonyl (C=O) groups excluding carboxylic acids is 1. The molecule has 1 aromatic heterocycles. The van der Waals surface area contributed by atoms with Crippen LogP contribution in [-0.4, -0.2) is 40.5 Å². The van der Waals surface area contributed by atoms with Crippen LogP contribution in [0.2, 0.25) is 0 Å². The van der Waals surface area contributed by atoms with Crippen LogP contribution < -0.4 is 10.6 Å². The highest BCUT2D eigenvalue weighted by atomic mass is 35.5. The van der Waals surface area contributed by atoms with Crippen molar-refractivity contribution in [1.29, 1.82) is 0 Å². The summed E-state index contributed by atoms with van der Waals surface area (Å²) in [5.41, 5.74) is 1.16. The summed E-state index contributed by atoms with van der Waals surface area (Å²) in [6.07, 6.45) is 3.72. The van der Waals surface area contributed by atoms with Crippen LogP contribution in [0, 0.1) is 0 Å². The van der Waals surface area contributed by atoms with Crippen LogP contribution in [0.4, 0.5) is 8.78 Å². The van der Waals surface area contributed by atoms with E-state index in [9.17, 15) is 13.6 Å². The highest BCUT2D eigenvalue weighted by Gasteiger charge is 2.42. The van der Waals surface area contributed by atoms with E-state index in [2.05, 4.69) is 15.6 Å². The predicted molar refractivity (Wildman–Crippen MR) is 100 cm³/mol. The van der Waals surface area contributed by atoms with E-state index in [-0.39, 0.29) is 30.7 Å². The Morgan fingerprint density at radius 1 is 1.31 bits per heavy atom. The van der Waals surface area contributed by atoms with Crippen LogP contribution in [-0.2, 0) is 17.8 Å². The largest absolute Gasteiger partial charge is 0.354 e. The average molecular weight is 407 g/mol. The maximum atomic E-state index is 13.1. The third kappa shape index (κ3) is 5.93. The molecule has 1 aromatic carbocycles. The molecule has 0 radical (unpaired) electrons. The van der Waals surface area contributed by atoms with Gasteiger partial charge in [0.25, 0.3) is 5.92 Å². The number of rotatable bonds is 6. The number of benzene rings is 1. The molecule has 9 heteroatoms. The number of aromatic nitrogens is 2. The summed E-state index contributed by atoms with van der Waals surface area (Å²) in [4.78, 5) is 16.2. The molecule has 0 bridgehead atoms. The lowest BCUT2D eigenvalue weighted by Crippen LogP contribution is -2.41. The van der Waals surface area contributed by atoms with Crippen molar-refractivity contribution < 1.29 is 13.6 Å². The molecule has 1 aliphatic rings. The van der Waals surface area contributed by atoms with E-state index < -0.39 is 24.9 Å². The molecule has 144 valence electrons. The fourth-order valence-electron chi connectivity index (χ4n) is 2.81. The first kappa shape index (κ1) is 22.3. The number of amides is 1. The predicted octanol–water partition coefficient (Wildman–Crippen LogP) is 2.43. The second-order valence-electron chi connectivity index (χ2n) is 5.99. The summed E-state index contributed by atoms with van der Waals surface area (Å²) in [6, 6.07) is 9.19. The van der Waals surface area contributed by atoms with E-state index in [1.807, 2.05) is 41.1 Å². The molecule has 3 rings (SSSR count). The number of nitrogens with zero attached hydrogens (tertiary/aromatic N) is 2. The Morgan fingerprint density at radius 2 is 2.04 bits per heavy atom. The lowest BCUT2D eigenvalue weighted by molar-refractivity contribution is -0.123. The van der Waals surface area contributed by atoms with Crippen molar-refractivity contribution in [3.8, 4) is 0 Å². The van der Waals surface area contributed by atoms with Gasteiger partial charge in [0.2, 0.25) is 5.91 Å². The molecule has 1 atom stereocenters. The summed E-state index contributed by atoms with van der Waals surface area (Å²) >= 11 is 0. The maximum absolute atomic E-state index is 13.1. The Morgan fingerprint density at radius 3 is 2.69 bits per heavy atom. The number of carbonyl (C=O) groups is 1. The summed E-state index contributed by atoms with van der Waals surface area (Å²) < 4.78 is 28.2. The number of nitrogens with one attached hydrogen (secondary N) is 2. The molecule has 0 aliphatic carbocycles. The number of hydrogen-bond acceptors (Lipinski definition) is 3. The number of hydrogen-bond donors (Lipinski definition) is 2. The minimum atomic E-state index is -2.80. The van der Waals surface area contributed by atoms with Crippen molar-refractivity contribution in [2.24, 2.45) is 0 Å². The van der Waals surface area contributed by atoms with Crippen molar-refractivity contribution in [2.45, 2.75) is 31.4 Å². The van der Waals surface area contributed by atoms with E-state index in [0.717, 1.165) is 11.4 Å². The maximum Gasteiger partial charge on any atom is 0.262 e. The molecule has 1 fully saturated rings. The molecule has 1 unspecified atom stereocenters. The van der Waals surface area contributed by atoms with Crippen molar-refractivity contribution in [3.63, 3.8) is 0 Å². The number of imidazole rings is 1. The fourth-order valence-corrected chi connectivity index (χ4v) is 2.81. The van der Waals surface area contributed by atoms with Gasteiger partial charge in [-0.25, -0.2) is 13.8 Å². The quantitative estimate of drug-likeness (QED) is 0.774. The van der Waals surface area contributed by atoms with E-state index in [0.29, 0.717) is 19.5 Å². The van der Waals surface area contributed by atoms with Gasteiger partial charge in [-0.15, -0.1) is 24.8 Å². The van der Waals surface area contributed by atoms with Gasteiger partial charge in [-0.2, -0.15) is 0 Å². The van der Waals surface area contributed by atoms with Crippen LogP contribution >= 0.6 is 24.8 Å². The molecule has 2 aromatic rings. The molecule has 26 heavy (non-hydrogen) atoms. The van der Waals surface area contributed by atoms with Crippen LogP contribution in [0.1, 0.15) is 17.8 Å². The van der Waals surface area contributed by atoms with E-state index >= 15 is 0 Å². The van der Waals surface area contributed by atoms with Gasteiger partial charge in [0, 0.05) is 38.3 Å². The smallest absolute Gasteiger partial charge is 0.262 e. The summed E-state index contributed by atoms with van der Waals surface area (Å²) in [5.74, 6) is -2.33. The van der Waals surface area contributed by atoms with Crippen molar-refractivity contribution >= 4 is 30.7 Å². The van der Waals surface area contributed by atoms with Gasteiger partial charge in [-0.1, -0.05) is 30.3 Å². The molecule has 1 amide bonds.